The molecule has 0 bridgehead atoms. The van der Waals surface area contributed by atoms with Crippen molar-refractivity contribution < 1.29 is 0 Å². The van der Waals surface area contributed by atoms with Crippen LogP contribution >= 0.6 is 15.9 Å². The van der Waals surface area contributed by atoms with Gasteiger partial charge in [-0.2, -0.15) is 0 Å². The highest BCUT2D eigenvalue weighted by atomic mass is 79.9. The quantitative estimate of drug-likeness (QED) is 0.941. The molecular weight excluding hydrogens is 278 g/mol. The molecular formula is C13H14BrN3. The normalized spacial score (nSPS) is 10.3. The molecule has 0 amide bonds. The lowest BCUT2D eigenvalue weighted by molar-refractivity contribution is 1.00. The summed E-state index contributed by atoms with van der Waals surface area (Å²) in [6.07, 6.45) is 3.31. The third-order valence-electron chi connectivity index (χ3n) is 2.52. The van der Waals surface area contributed by atoms with Crippen molar-refractivity contribution in [3.8, 4) is 0 Å². The van der Waals surface area contributed by atoms with Crippen LogP contribution in [0.4, 0.5) is 5.69 Å². The van der Waals surface area contributed by atoms with E-state index in [1.807, 2.05) is 6.07 Å². The van der Waals surface area contributed by atoms with Crippen LogP contribution in [0, 0.1) is 13.8 Å². The average Bonchev–Trinajstić information content (AvgIpc) is 2.29. The predicted octanol–water partition coefficient (Wildman–Crippen LogP) is 3.47. The van der Waals surface area contributed by atoms with Gasteiger partial charge in [0.1, 0.15) is 6.33 Å². The molecule has 1 heterocycles. The van der Waals surface area contributed by atoms with E-state index in [2.05, 4.69) is 57.2 Å². The Kier molecular flexibility index (Phi) is 3.74. The van der Waals surface area contributed by atoms with Gasteiger partial charge >= 0.3 is 0 Å². The van der Waals surface area contributed by atoms with Crippen LogP contribution in [0.3, 0.4) is 0 Å². The van der Waals surface area contributed by atoms with E-state index < -0.39 is 0 Å². The van der Waals surface area contributed by atoms with Gasteiger partial charge in [0.2, 0.25) is 0 Å². The number of halogens is 1. The van der Waals surface area contributed by atoms with Gasteiger partial charge in [-0.3, -0.25) is 0 Å². The maximum Gasteiger partial charge on any atom is 0.115 e. The smallest absolute Gasteiger partial charge is 0.115 e. The Morgan fingerprint density at radius 3 is 2.76 bits per heavy atom. The number of aromatic nitrogens is 2. The molecule has 4 heteroatoms. The first-order valence-corrected chi connectivity index (χ1v) is 6.21. The van der Waals surface area contributed by atoms with Crippen molar-refractivity contribution in [3.63, 3.8) is 0 Å². The molecule has 0 radical (unpaired) electrons. The van der Waals surface area contributed by atoms with Crippen molar-refractivity contribution in [1.29, 1.82) is 0 Å². The summed E-state index contributed by atoms with van der Waals surface area (Å²) in [5.74, 6) is 0. The Morgan fingerprint density at radius 2 is 2.12 bits per heavy atom. The van der Waals surface area contributed by atoms with Crippen molar-refractivity contribution >= 4 is 21.6 Å². The molecule has 0 fully saturated rings. The van der Waals surface area contributed by atoms with Crippen LogP contribution in [0.5, 0.6) is 0 Å². The van der Waals surface area contributed by atoms with Gasteiger partial charge in [0.25, 0.3) is 0 Å². The fraction of sp³-hybridized carbons (Fsp3) is 0.231. The van der Waals surface area contributed by atoms with Gasteiger partial charge in [0, 0.05) is 10.7 Å². The van der Waals surface area contributed by atoms with Gasteiger partial charge < -0.3 is 5.32 Å². The van der Waals surface area contributed by atoms with Crippen LogP contribution in [-0.4, -0.2) is 9.97 Å². The van der Waals surface area contributed by atoms with E-state index in [-0.39, 0.29) is 0 Å². The van der Waals surface area contributed by atoms with Crippen LogP contribution in [0.2, 0.25) is 0 Å². The maximum absolute atomic E-state index is 4.18. The molecule has 0 saturated carbocycles. The number of benzene rings is 1. The molecule has 17 heavy (non-hydrogen) atoms. The van der Waals surface area contributed by atoms with Crippen LogP contribution in [0.25, 0.3) is 0 Å². The fourth-order valence-electron chi connectivity index (χ4n) is 1.74. The van der Waals surface area contributed by atoms with Crippen LogP contribution in [0.1, 0.15) is 16.8 Å². The van der Waals surface area contributed by atoms with Crippen LogP contribution < -0.4 is 5.32 Å². The van der Waals surface area contributed by atoms with Crippen molar-refractivity contribution in [1.82, 2.24) is 9.97 Å². The van der Waals surface area contributed by atoms with Crippen molar-refractivity contribution in [2.24, 2.45) is 0 Å². The van der Waals surface area contributed by atoms with Crippen LogP contribution in [0.15, 0.2) is 35.2 Å². The van der Waals surface area contributed by atoms with Crippen molar-refractivity contribution in [2.45, 2.75) is 20.4 Å². The van der Waals surface area contributed by atoms with Crippen LogP contribution in [-0.2, 0) is 6.54 Å². The second kappa shape index (κ2) is 5.27. The topological polar surface area (TPSA) is 37.8 Å². The van der Waals surface area contributed by atoms with E-state index in [1.165, 1.54) is 11.1 Å². The Bertz CT molecular complexity index is 488. The average molecular weight is 292 g/mol. The van der Waals surface area contributed by atoms with Gasteiger partial charge in [-0.1, -0.05) is 6.07 Å². The molecule has 0 atom stereocenters. The number of anilines is 1. The first kappa shape index (κ1) is 12.0. The third kappa shape index (κ3) is 3.03. The highest BCUT2D eigenvalue weighted by molar-refractivity contribution is 9.10. The maximum atomic E-state index is 4.18. The molecule has 2 aromatic rings. The number of nitrogens with zero attached hydrogens (tertiary/aromatic N) is 2. The second-order valence-corrected chi connectivity index (χ2v) is 4.85. The number of nitrogens with one attached hydrogen (secondary N) is 1. The van der Waals surface area contributed by atoms with E-state index in [0.29, 0.717) is 6.54 Å². The number of rotatable bonds is 3. The summed E-state index contributed by atoms with van der Waals surface area (Å²) in [4.78, 5) is 8.08. The zero-order valence-corrected chi connectivity index (χ0v) is 11.5. The standard InChI is InChI=1S/C13H14BrN3/c1-9-5-10(2)13(12(14)6-9)16-7-11-3-4-15-8-17-11/h3-6,8,16H,7H2,1-2H3. The SMILES string of the molecule is Cc1cc(C)c(NCc2ccncn2)c(Br)c1. The van der Waals surface area contributed by atoms with Gasteiger partial charge in [0.15, 0.2) is 0 Å². The largest absolute Gasteiger partial charge is 0.378 e. The molecule has 0 unspecified atom stereocenters. The summed E-state index contributed by atoms with van der Waals surface area (Å²) in [5.41, 5.74) is 4.58. The van der Waals surface area contributed by atoms with Gasteiger partial charge in [-0.15, -0.1) is 0 Å². The first-order valence-electron chi connectivity index (χ1n) is 5.42. The summed E-state index contributed by atoms with van der Waals surface area (Å²) < 4.78 is 1.09. The Morgan fingerprint density at radius 1 is 1.29 bits per heavy atom. The summed E-state index contributed by atoms with van der Waals surface area (Å²) in [6.45, 7) is 4.89. The second-order valence-electron chi connectivity index (χ2n) is 3.99. The minimum absolute atomic E-state index is 0.699. The van der Waals surface area contributed by atoms with Crippen molar-refractivity contribution in [3.05, 3.63) is 52.0 Å². The number of hydrogen-bond donors (Lipinski definition) is 1. The molecule has 3 nitrogen and oxygen atoms in total. The number of hydrogen-bond acceptors (Lipinski definition) is 3. The molecule has 2 rings (SSSR count). The van der Waals surface area contributed by atoms with E-state index >= 15 is 0 Å². The van der Waals surface area contributed by atoms with E-state index in [4.69, 9.17) is 0 Å². The minimum atomic E-state index is 0.699. The molecule has 0 aliphatic heterocycles. The van der Waals surface area contributed by atoms with Gasteiger partial charge in [0.05, 0.1) is 17.9 Å². The minimum Gasteiger partial charge on any atom is -0.378 e. The highest BCUT2D eigenvalue weighted by Crippen LogP contribution is 2.27. The lowest BCUT2D eigenvalue weighted by Gasteiger charge is -2.12. The molecule has 0 saturated heterocycles. The summed E-state index contributed by atoms with van der Waals surface area (Å²) in [7, 11) is 0. The lowest BCUT2D eigenvalue weighted by atomic mass is 10.1. The van der Waals surface area contributed by atoms with Gasteiger partial charge in [-0.05, 0) is 53.0 Å². The van der Waals surface area contributed by atoms with Crippen molar-refractivity contribution in [2.75, 3.05) is 5.32 Å². The van der Waals surface area contributed by atoms with Gasteiger partial charge in [-0.25, -0.2) is 9.97 Å². The molecule has 1 N–H and O–H groups in total. The van der Waals surface area contributed by atoms with E-state index in [1.54, 1.807) is 12.5 Å². The highest BCUT2D eigenvalue weighted by Gasteiger charge is 2.04. The molecule has 1 aromatic heterocycles. The Labute approximate surface area is 109 Å². The predicted molar refractivity (Wildman–Crippen MR) is 73.0 cm³/mol. The van der Waals surface area contributed by atoms with E-state index in [9.17, 15) is 0 Å². The number of aryl methyl sites for hydroxylation is 2. The summed E-state index contributed by atoms with van der Waals surface area (Å²) >= 11 is 3.58. The zero-order valence-electron chi connectivity index (χ0n) is 9.87. The third-order valence-corrected chi connectivity index (χ3v) is 3.15. The first-order chi connectivity index (χ1) is 8.16. The Hall–Kier alpha value is -1.42. The fourth-order valence-corrected chi connectivity index (χ4v) is 2.56. The Balaban J connectivity index is 2.15. The molecule has 0 aliphatic rings. The summed E-state index contributed by atoms with van der Waals surface area (Å²) in [5, 5.41) is 3.39. The molecule has 88 valence electrons. The molecule has 0 spiro atoms. The molecule has 0 aliphatic carbocycles. The zero-order chi connectivity index (χ0) is 12.3. The molecule has 1 aromatic carbocycles. The lowest BCUT2D eigenvalue weighted by Crippen LogP contribution is -2.04. The van der Waals surface area contributed by atoms with E-state index in [0.717, 1.165) is 15.9 Å². The summed E-state index contributed by atoms with van der Waals surface area (Å²) in [6, 6.07) is 6.17. The monoisotopic (exact) mass is 291 g/mol.